The third kappa shape index (κ3) is 5.11. The molecular formula is C14H35NOSi3. The largest absolute Gasteiger partial charge is 0.533 e. The minimum absolute atomic E-state index is 0.258. The van der Waals surface area contributed by atoms with Crippen molar-refractivity contribution < 1.29 is 4.43 Å². The summed E-state index contributed by atoms with van der Waals surface area (Å²) in [6.45, 7) is 24.3. The van der Waals surface area contributed by atoms with Gasteiger partial charge in [0.25, 0.3) is 8.32 Å². The molecule has 0 rings (SSSR count). The van der Waals surface area contributed by atoms with Gasteiger partial charge in [0.1, 0.15) is 0 Å². The van der Waals surface area contributed by atoms with Crippen LogP contribution in [0.5, 0.6) is 0 Å². The van der Waals surface area contributed by atoms with Gasteiger partial charge >= 0.3 is 0 Å². The first-order chi connectivity index (χ1) is 8.24. The Labute approximate surface area is 126 Å². The Balaban J connectivity index is 5.47. The van der Waals surface area contributed by atoms with Crippen LogP contribution in [0.2, 0.25) is 37.8 Å². The van der Waals surface area contributed by atoms with E-state index in [0.29, 0.717) is 0 Å². The van der Waals surface area contributed by atoms with Crippen molar-refractivity contribution in [2.45, 2.75) is 72.4 Å². The lowest BCUT2D eigenvalue weighted by Crippen LogP contribution is -2.50. The molecule has 0 amide bonds. The minimum Gasteiger partial charge on any atom is -0.533 e. The molecule has 0 heterocycles. The zero-order valence-electron chi connectivity index (χ0n) is 15.1. The first-order valence-electron chi connectivity index (χ1n) is 7.38. The molecule has 5 heteroatoms. The summed E-state index contributed by atoms with van der Waals surface area (Å²) in [5, 5.41) is 1.70. The molecule has 0 atom stereocenters. The Bertz CT molecular complexity index is 334. The molecular weight excluding hydrogens is 282 g/mol. The molecule has 0 aliphatic heterocycles. The monoisotopic (exact) mass is 317 g/mol. The van der Waals surface area contributed by atoms with Gasteiger partial charge in [-0.15, -0.1) is 0 Å². The molecule has 0 unspecified atom stereocenters. The molecule has 0 saturated heterocycles. The van der Waals surface area contributed by atoms with Gasteiger partial charge in [-0.3, -0.25) is 0 Å². The first kappa shape index (κ1) is 19.0. The van der Waals surface area contributed by atoms with Crippen LogP contribution in [0, 0.1) is 0 Å². The summed E-state index contributed by atoms with van der Waals surface area (Å²) < 4.78 is 9.21. The van der Waals surface area contributed by atoms with Crippen LogP contribution in [-0.2, 0) is 4.43 Å². The Hall–Kier alpha value is -0.00935. The van der Waals surface area contributed by atoms with E-state index in [9.17, 15) is 0 Å². The molecule has 0 aromatic carbocycles. The fourth-order valence-electron chi connectivity index (χ4n) is 1.74. The van der Waals surface area contributed by atoms with Crippen molar-refractivity contribution in [3.63, 3.8) is 0 Å². The molecule has 0 aromatic rings. The third-order valence-corrected chi connectivity index (χ3v) is 10.8. The number of allylic oxidation sites excluding steroid dienone is 1. The lowest BCUT2D eigenvalue weighted by molar-refractivity contribution is 0.276. The second-order valence-corrected chi connectivity index (χ2v) is 19.2. The summed E-state index contributed by atoms with van der Waals surface area (Å²) >= 11 is 0. The Morgan fingerprint density at radius 3 is 1.74 bits per heavy atom. The number of nitrogens with zero attached hydrogens (tertiary/aromatic N) is 1. The van der Waals surface area contributed by atoms with Crippen molar-refractivity contribution in [1.82, 2.24) is 4.57 Å². The van der Waals surface area contributed by atoms with Gasteiger partial charge in [0, 0.05) is 16.8 Å². The predicted octanol–water partition coefficient (Wildman–Crippen LogP) is 3.72. The van der Waals surface area contributed by atoms with Gasteiger partial charge in [-0.05, 0) is 37.2 Å². The van der Waals surface area contributed by atoms with Crippen molar-refractivity contribution in [3.8, 4) is 0 Å². The minimum atomic E-state index is -1.74. The Morgan fingerprint density at radius 1 is 1.11 bits per heavy atom. The summed E-state index contributed by atoms with van der Waals surface area (Å²) in [5.41, 5.74) is 0. The van der Waals surface area contributed by atoms with E-state index in [2.05, 4.69) is 71.9 Å². The molecule has 0 bridgehead atoms. The average molecular weight is 318 g/mol. The number of hydrogen-bond donors (Lipinski definition) is 0. The van der Waals surface area contributed by atoms with Crippen molar-refractivity contribution in [3.05, 3.63) is 11.1 Å². The highest BCUT2D eigenvalue weighted by Crippen LogP contribution is 2.39. The highest BCUT2D eigenvalue weighted by Gasteiger charge is 2.41. The summed E-state index contributed by atoms with van der Waals surface area (Å²) in [7, 11) is -2.04. The van der Waals surface area contributed by atoms with Gasteiger partial charge in [0.05, 0.1) is 0 Å². The second-order valence-electron chi connectivity index (χ2n) is 8.08. The zero-order chi connectivity index (χ0) is 15.6. The number of rotatable bonds is 5. The van der Waals surface area contributed by atoms with E-state index in [1.807, 2.05) is 0 Å². The smallest absolute Gasteiger partial charge is 0.252 e. The van der Waals surface area contributed by atoms with Gasteiger partial charge in [0.2, 0.25) is 0 Å². The molecule has 0 radical (unpaired) electrons. The van der Waals surface area contributed by atoms with Crippen LogP contribution in [0.3, 0.4) is 0 Å². The Morgan fingerprint density at radius 2 is 1.53 bits per heavy atom. The van der Waals surface area contributed by atoms with Crippen LogP contribution in [0.15, 0.2) is 11.1 Å². The fraction of sp³-hybridized carbons (Fsp3) is 0.857. The molecule has 19 heavy (non-hydrogen) atoms. The average Bonchev–Trinajstić information content (AvgIpc) is 2.12. The normalized spacial score (nSPS) is 15.3. The zero-order valence-corrected chi connectivity index (χ0v) is 19.1. The Kier molecular flexibility index (Phi) is 6.18. The van der Waals surface area contributed by atoms with Crippen LogP contribution in [0.25, 0.3) is 0 Å². The molecule has 0 fully saturated rings. The van der Waals surface area contributed by atoms with Crippen molar-refractivity contribution in [2.75, 3.05) is 6.54 Å². The second kappa shape index (κ2) is 6.18. The van der Waals surface area contributed by atoms with Crippen molar-refractivity contribution in [2.24, 2.45) is 0 Å². The summed E-state index contributed by atoms with van der Waals surface area (Å²) in [5.74, 6) is 1.21. The van der Waals surface area contributed by atoms with E-state index >= 15 is 0 Å². The molecule has 0 saturated carbocycles. The lowest BCUT2D eigenvalue weighted by Gasteiger charge is -2.44. The summed E-state index contributed by atoms with van der Waals surface area (Å²) in [4.78, 5) is 0. The van der Waals surface area contributed by atoms with Gasteiger partial charge < -0.3 is 8.99 Å². The molecule has 2 nitrogen and oxygen atoms in total. The third-order valence-electron chi connectivity index (χ3n) is 3.96. The van der Waals surface area contributed by atoms with Gasteiger partial charge in [-0.2, -0.15) is 0 Å². The quantitative estimate of drug-likeness (QED) is 0.566. The van der Waals surface area contributed by atoms with E-state index in [-0.39, 0.29) is 5.04 Å². The maximum absolute atomic E-state index is 6.66. The highest BCUT2D eigenvalue weighted by atomic mass is 28.4. The van der Waals surface area contributed by atoms with E-state index in [1.54, 1.807) is 0 Å². The molecule has 0 aromatic heterocycles. The standard InChI is InChI=1S/C14H35NOSi3/c1-11-15(18(6,7)8)13(12(2)17)16-19(9,10)14(3,4)5/h11H2,1-10,17H3. The van der Waals surface area contributed by atoms with Gasteiger partial charge in [-0.25, -0.2) is 0 Å². The van der Waals surface area contributed by atoms with Crippen LogP contribution >= 0.6 is 0 Å². The summed E-state index contributed by atoms with van der Waals surface area (Å²) in [6, 6.07) is 0. The molecule has 0 spiro atoms. The molecule has 0 aliphatic carbocycles. The van der Waals surface area contributed by atoms with E-state index < -0.39 is 16.6 Å². The summed E-state index contributed by atoms with van der Waals surface area (Å²) in [6.07, 6.45) is 0. The molecule has 0 aliphatic rings. The first-order valence-corrected chi connectivity index (χ1v) is 14.7. The maximum atomic E-state index is 6.66. The van der Waals surface area contributed by atoms with Crippen LogP contribution in [-0.4, -0.2) is 37.9 Å². The highest BCUT2D eigenvalue weighted by molar-refractivity contribution is 6.75. The van der Waals surface area contributed by atoms with Crippen LogP contribution in [0.1, 0.15) is 34.6 Å². The lowest BCUT2D eigenvalue weighted by atomic mass is 10.2. The van der Waals surface area contributed by atoms with E-state index in [0.717, 1.165) is 16.8 Å². The fourth-order valence-corrected chi connectivity index (χ4v) is 5.57. The van der Waals surface area contributed by atoms with Crippen LogP contribution in [0.4, 0.5) is 0 Å². The topological polar surface area (TPSA) is 12.5 Å². The molecule has 0 N–H and O–H groups in total. The SMILES string of the molecule is CCN(C(O[Si](C)(C)C(C)(C)C)=C(C)[SiH3])[Si](C)(C)C. The number of hydrogen-bond acceptors (Lipinski definition) is 2. The predicted molar refractivity (Wildman–Crippen MR) is 96.6 cm³/mol. The van der Waals surface area contributed by atoms with Crippen LogP contribution < -0.4 is 0 Å². The van der Waals surface area contributed by atoms with Gasteiger partial charge in [-0.1, -0.05) is 40.4 Å². The van der Waals surface area contributed by atoms with E-state index in [4.69, 9.17) is 4.43 Å². The van der Waals surface area contributed by atoms with Crippen molar-refractivity contribution in [1.29, 1.82) is 0 Å². The van der Waals surface area contributed by atoms with Gasteiger partial charge in [0.15, 0.2) is 14.1 Å². The van der Waals surface area contributed by atoms with E-state index in [1.165, 1.54) is 11.1 Å². The van der Waals surface area contributed by atoms with Crippen molar-refractivity contribution >= 4 is 26.8 Å². The molecule has 114 valence electrons. The maximum Gasteiger partial charge on any atom is 0.252 e.